The van der Waals surface area contributed by atoms with Crippen LogP contribution in [-0.4, -0.2) is 343 Å². The van der Waals surface area contributed by atoms with Gasteiger partial charge in [0.25, 0.3) is 0 Å². The van der Waals surface area contributed by atoms with E-state index in [0.717, 1.165) is 36.3 Å². The first kappa shape index (κ1) is 106. The number of primary amides is 2. The van der Waals surface area contributed by atoms with Crippen molar-refractivity contribution in [3.05, 3.63) is 120 Å². The number of fused-ring (bicyclic) bond motifs is 4. The fourth-order valence-electron chi connectivity index (χ4n) is 16.6. The van der Waals surface area contributed by atoms with Gasteiger partial charge < -0.3 is 135 Å². The number of nitrogens with two attached hydrogens (primary N) is 3. The number of benzene rings is 3. The molecule has 0 bridgehead atoms. The molecule has 3 aromatic heterocycles. The van der Waals surface area contributed by atoms with Crippen LogP contribution in [0.15, 0.2) is 97.7 Å². The molecule has 16 amide bonds. The van der Waals surface area contributed by atoms with Gasteiger partial charge in [0.2, 0.25) is 94.5 Å². The van der Waals surface area contributed by atoms with Gasteiger partial charge in [-0.2, -0.15) is 0 Å². The highest BCUT2D eigenvalue weighted by Crippen LogP contribution is 2.29. The lowest BCUT2D eigenvalue weighted by atomic mass is 10.00. The zero-order valence-electron chi connectivity index (χ0n) is 76.2. The van der Waals surface area contributed by atoms with E-state index in [9.17, 15) is 83.4 Å². The molecule has 3 aromatic carbocycles. The van der Waals surface area contributed by atoms with E-state index in [0.29, 0.717) is 57.8 Å². The van der Waals surface area contributed by atoms with Gasteiger partial charge in [-0.15, -0.1) is 11.8 Å². The van der Waals surface area contributed by atoms with Gasteiger partial charge in [0.05, 0.1) is 49.8 Å². The normalized spacial score (nSPS) is 25.2. The molecule has 0 spiro atoms. The highest BCUT2D eigenvalue weighted by Gasteiger charge is 2.47. The van der Waals surface area contributed by atoms with Gasteiger partial charge in [-0.05, 0) is 80.0 Å². The summed E-state index contributed by atoms with van der Waals surface area (Å²) in [5.74, 6) is -20.2. The van der Waals surface area contributed by atoms with Crippen LogP contribution in [-0.2, 0) is 119 Å². The maximum atomic E-state index is 15.8. The highest BCUT2D eigenvalue weighted by atomic mass is 32.2. The van der Waals surface area contributed by atoms with Crippen molar-refractivity contribution in [2.24, 2.45) is 17.2 Å². The first-order valence-electron chi connectivity index (χ1n) is 44.7. The Morgan fingerprint density at radius 3 is 1.81 bits per heavy atom. The third-order valence-corrected chi connectivity index (χ3v) is 25.2. The van der Waals surface area contributed by atoms with Crippen molar-refractivity contribution in [2.75, 3.05) is 65.4 Å². The van der Waals surface area contributed by atoms with Crippen molar-refractivity contribution in [3.63, 3.8) is 0 Å². The van der Waals surface area contributed by atoms with Crippen molar-refractivity contribution in [3.8, 4) is 5.75 Å². The molecule has 16 atom stereocenters. The smallest absolute Gasteiger partial charge is 0.323 e. The van der Waals surface area contributed by atoms with Gasteiger partial charge in [-0.3, -0.25) is 91.6 Å². The molecule has 6 aromatic rings. The lowest BCUT2D eigenvalue weighted by Crippen LogP contribution is -2.62. The number of aromatic amines is 2. The second-order valence-electron chi connectivity index (χ2n) is 34.0. The number of unbranched alkanes of at least 4 members (excludes halogenated alkanes) is 2. The van der Waals surface area contributed by atoms with Crippen LogP contribution < -0.4 is 70.4 Å². The number of phenols is 1. The number of aromatic hydroxyl groups is 1. The van der Waals surface area contributed by atoms with E-state index in [1.807, 2.05) is 6.92 Å². The molecule has 47 heteroatoms. The van der Waals surface area contributed by atoms with Crippen LogP contribution in [0.25, 0.3) is 21.8 Å². The molecule has 46 nitrogen and oxygen atoms in total. The topological polar surface area (TPSA) is 693 Å². The third-order valence-electron chi connectivity index (χ3n) is 24.2. The van der Waals surface area contributed by atoms with Gasteiger partial charge >= 0.3 is 11.9 Å². The van der Waals surface area contributed by atoms with Crippen molar-refractivity contribution in [2.45, 2.75) is 227 Å². The summed E-state index contributed by atoms with van der Waals surface area (Å²) in [6, 6.07) is -4.29. The lowest BCUT2D eigenvalue weighted by molar-refractivity contribution is -0.149. The summed E-state index contributed by atoms with van der Waals surface area (Å²) < 4.78 is 1.39. The number of thioether (sulfide) groups is 1. The maximum Gasteiger partial charge on any atom is 0.323 e. The third kappa shape index (κ3) is 28.7. The first-order chi connectivity index (χ1) is 64.7. The summed E-state index contributed by atoms with van der Waals surface area (Å²) in [5, 5.41) is 91.7. The quantitative estimate of drug-likeness (QED) is 0.0242. The number of rotatable bonds is 26. The first-order valence-corrected chi connectivity index (χ1v) is 45.9. The number of amides is 16. The monoisotopic (exact) mass is 1910 g/mol. The summed E-state index contributed by atoms with van der Waals surface area (Å²) in [7, 11) is 3.77. The number of aromatic nitrogens is 4. The van der Waals surface area contributed by atoms with Gasteiger partial charge in [0, 0.05) is 131 Å². The van der Waals surface area contributed by atoms with Gasteiger partial charge in [0.15, 0.2) is 0 Å². The number of imidazole rings is 1. The zero-order chi connectivity index (χ0) is 99.5. The standard InChI is InChI=1S/C89H122N22O24S/c1-7-9-19-67-82(128)103-63(36-90)80(126)105-65(77(123)95-39-72(92)116)44-136-45-73(117)97-60(30-48-23-25-52(113)26-24-48)85(131)106(4)47(3)76(122)101-62(35-71(91)115)88(134)110-29-15-22-68(110)83(129)100-59(33-51-38-93-46-96-51)79(125)98-57(27-28-74(118)119)87(133)111-41-53(114)34-70(111)84(130)99-58(31-49-37-94-56-18-13-11-16-54(49)56)78(124)104-64(43-112)81(127)102-61(86(132)108(6)69(20-10-8-2)89(135)107(67)5)32-50-40-109(42-75(120)121)66-21-14-12-17-55(50)66/h11-14,16-18,21,23-26,37-38,40,46-47,53,57-65,67-70,80,94,105,112-114,126H,7-10,15,19-20,22,27-36,39,41-45,90H2,1-6H3,(H2,91,115)(H2,92,116)(H,93,96)(H,95,123)(H,97,117)(H,98,125)(H,99,130)(H,100,129)(H,101,122)(H,102,127)(H,103,128)(H,104,124)(H,118,119)(H,120,121)/t47-,53+,57-,58-,59-,60-,61?,62-,63-,64-,65-,67-,68-,69-,70-,80?/m0/s1. The van der Waals surface area contributed by atoms with Crippen LogP contribution >= 0.6 is 11.8 Å². The van der Waals surface area contributed by atoms with Crippen molar-refractivity contribution < 1.29 is 117 Å². The van der Waals surface area contributed by atoms with Crippen LogP contribution in [0.3, 0.4) is 0 Å². The number of likely N-dealkylation sites (N-methyl/N-ethyl adjacent to an activating group) is 3. The molecule has 2 unspecified atom stereocenters. The Hall–Kier alpha value is -13.6. The molecule has 3 saturated heterocycles. The van der Waals surface area contributed by atoms with E-state index < -0.39 is 293 Å². The molecular weight excluding hydrogens is 1790 g/mol. The highest BCUT2D eigenvalue weighted by molar-refractivity contribution is 8.00. The molecule has 24 N–H and O–H groups in total. The molecule has 3 aliphatic heterocycles. The molecule has 9 rings (SSSR count). The molecule has 0 aliphatic carbocycles. The number of nitrogens with zero attached hydrogens (tertiary/aromatic N) is 7. The maximum absolute atomic E-state index is 15.8. The lowest BCUT2D eigenvalue weighted by Gasteiger charge is -2.37. The number of hydrogen-bond acceptors (Lipinski definition) is 26. The Balaban J connectivity index is 1.11. The number of aliphatic hydroxyl groups excluding tert-OH is 3. The molecule has 738 valence electrons. The Bertz CT molecular complexity index is 5290. The minimum atomic E-state index is -2.01. The van der Waals surface area contributed by atoms with Crippen molar-refractivity contribution in [1.82, 2.24) is 97.2 Å². The van der Waals surface area contributed by atoms with Crippen LogP contribution in [0.4, 0.5) is 0 Å². The predicted molar refractivity (Wildman–Crippen MR) is 489 cm³/mol. The number of nitrogens with one attached hydrogen (secondary N) is 12. The largest absolute Gasteiger partial charge is 0.508 e. The molecule has 3 fully saturated rings. The number of phenolic OH excluding ortho intramolecular Hbond substituents is 1. The summed E-state index contributed by atoms with van der Waals surface area (Å²) in [4.78, 5) is 274. The van der Waals surface area contributed by atoms with Gasteiger partial charge in [-0.25, -0.2) is 4.98 Å². The second-order valence-corrected chi connectivity index (χ2v) is 35.1. The van der Waals surface area contributed by atoms with Crippen molar-refractivity contribution >= 4 is 140 Å². The fourth-order valence-corrected chi connectivity index (χ4v) is 17.5. The minimum absolute atomic E-state index is 0.0379. The number of carbonyl (C=O) groups is 18. The molecular formula is C89H122N22O24S. The molecule has 6 heterocycles. The number of carbonyl (C=O) groups excluding carboxylic acids is 16. The SMILES string of the molecule is CCCC[C@H]1C(=O)N(C)[C@@H](CCCC)C(=O)N[C@@H](CN)C(O)N[C@H](C(=O)NCC(N)=O)CSCC(=O)N[C@@H](Cc2ccc(O)cc2)C(=O)N(C)[C@@H](C)C(=O)N[C@@H](CC(N)=O)C(=O)N2CCC[C@H]2C(=O)N[C@@H](Cc2cnc[nH]2)C(=O)N[C@@H](CCC(=O)O)C(=O)N2C[C@H](O)C[C@H]2C(=O)N[C@@H](Cc2c[nH]c3ccccc23)C(=O)N[C@@H](CO)C(=O)NC(Cc2cn(CC(=O)O)c3ccccc23)C(=O)N1C. The number of H-pyrrole nitrogens is 2. The van der Waals surface area contributed by atoms with E-state index in [1.54, 1.807) is 55.5 Å². The van der Waals surface area contributed by atoms with Crippen LogP contribution in [0.1, 0.15) is 120 Å². The van der Waals surface area contributed by atoms with Crippen LogP contribution in [0, 0.1) is 0 Å². The number of aliphatic hydroxyl groups is 3. The van der Waals surface area contributed by atoms with E-state index in [1.165, 1.54) is 81.8 Å². The molecule has 3 aliphatic rings. The van der Waals surface area contributed by atoms with E-state index in [4.69, 9.17) is 17.2 Å². The summed E-state index contributed by atoms with van der Waals surface area (Å²) >= 11 is 0.768. The number of carboxylic acid groups (broad SMARTS) is 2. The Kier molecular flexibility index (Phi) is 39.1. The summed E-state index contributed by atoms with van der Waals surface area (Å²) in [6.07, 6.45) is -0.957. The van der Waals surface area contributed by atoms with E-state index in [-0.39, 0.29) is 56.5 Å². The Morgan fingerprint density at radius 1 is 0.581 bits per heavy atom. The molecule has 0 saturated carbocycles. The summed E-state index contributed by atoms with van der Waals surface area (Å²) in [6.45, 7) is 1.02. The van der Waals surface area contributed by atoms with Crippen molar-refractivity contribution in [1.29, 1.82) is 0 Å². The Labute approximate surface area is 785 Å². The number of carboxylic acids is 2. The Morgan fingerprint density at radius 2 is 1.17 bits per heavy atom. The van der Waals surface area contributed by atoms with E-state index >= 15 is 33.6 Å². The fraction of sp³-hybridized carbons (Fsp3) is 0.517. The van der Waals surface area contributed by atoms with Crippen LogP contribution in [0.5, 0.6) is 5.75 Å². The molecule has 136 heavy (non-hydrogen) atoms. The van der Waals surface area contributed by atoms with E-state index in [2.05, 4.69) is 68.1 Å². The zero-order valence-corrected chi connectivity index (χ0v) is 77.1. The van der Waals surface area contributed by atoms with Gasteiger partial charge in [0.1, 0.15) is 91.0 Å². The minimum Gasteiger partial charge on any atom is -0.508 e. The number of aliphatic carboxylic acids is 2. The second kappa shape index (κ2) is 50.1. The average molecular weight is 1920 g/mol. The average Bonchev–Trinajstić information content (AvgIpc) is 1.65. The van der Waals surface area contributed by atoms with Crippen LogP contribution in [0.2, 0.25) is 0 Å². The molecule has 0 radical (unpaired) electrons. The van der Waals surface area contributed by atoms with Gasteiger partial charge in [-0.1, -0.05) is 88.1 Å². The predicted octanol–water partition coefficient (Wildman–Crippen LogP) is -5.06. The number of hydrogen-bond donors (Lipinski definition) is 21. The summed E-state index contributed by atoms with van der Waals surface area (Å²) in [5.41, 5.74) is 19.6. The number of para-hydroxylation sites is 2.